The Morgan fingerprint density at radius 3 is 2.52 bits per heavy atom. The summed E-state index contributed by atoms with van der Waals surface area (Å²) >= 11 is 1.45. The molecule has 2 amide bonds. The zero-order valence-corrected chi connectivity index (χ0v) is 16.3. The third-order valence-corrected chi connectivity index (χ3v) is 8.10. The summed E-state index contributed by atoms with van der Waals surface area (Å²) in [6.07, 6.45) is 6.47. The first-order valence-electron chi connectivity index (χ1n) is 9.88. The molecule has 27 heavy (non-hydrogen) atoms. The van der Waals surface area contributed by atoms with Crippen molar-refractivity contribution in [1.29, 1.82) is 0 Å². The molecule has 1 aromatic rings. The van der Waals surface area contributed by atoms with E-state index in [1.54, 1.807) is 0 Å². The maximum absolute atomic E-state index is 13.0. The molecule has 1 heterocycles. The molecule has 0 saturated heterocycles. The second kappa shape index (κ2) is 6.93. The van der Waals surface area contributed by atoms with Crippen LogP contribution in [0.5, 0.6) is 0 Å². The highest BCUT2D eigenvalue weighted by molar-refractivity contribution is 7.17. The van der Waals surface area contributed by atoms with E-state index in [0.717, 1.165) is 55.4 Å². The zero-order valence-electron chi connectivity index (χ0n) is 15.5. The predicted octanol–water partition coefficient (Wildman–Crippen LogP) is 3.05. The topological polar surface area (TPSA) is 109 Å². The Kier molecular flexibility index (Phi) is 4.74. The molecule has 3 aliphatic rings. The Morgan fingerprint density at radius 1 is 1.19 bits per heavy atom. The number of aliphatic carboxylic acids is 1. The molecule has 0 spiro atoms. The van der Waals surface area contributed by atoms with Crippen LogP contribution >= 0.6 is 11.3 Å². The highest BCUT2D eigenvalue weighted by atomic mass is 32.1. The molecule has 0 aliphatic heterocycles. The van der Waals surface area contributed by atoms with E-state index in [1.807, 2.05) is 0 Å². The van der Waals surface area contributed by atoms with E-state index in [4.69, 9.17) is 5.73 Å². The van der Waals surface area contributed by atoms with Crippen LogP contribution in [0, 0.1) is 29.6 Å². The van der Waals surface area contributed by atoms with E-state index in [0.29, 0.717) is 16.5 Å². The predicted molar refractivity (Wildman–Crippen MR) is 103 cm³/mol. The van der Waals surface area contributed by atoms with Gasteiger partial charge in [-0.3, -0.25) is 14.4 Å². The summed E-state index contributed by atoms with van der Waals surface area (Å²) in [6, 6.07) is 0. The number of rotatable bonds is 5. The number of carbonyl (C=O) groups excluding carboxylic acids is 2. The molecule has 0 unspecified atom stereocenters. The SMILES string of the molecule is CC[C@H]1CCc2c(sc(NC(=O)[C@H]3[C@@H]4CC[C@@H](C4)[C@@H]3C(=O)O)c2C(N)=O)C1. The monoisotopic (exact) mass is 390 g/mol. The van der Waals surface area contributed by atoms with Crippen LogP contribution in [0.15, 0.2) is 0 Å². The third-order valence-electron chi connectivity index (χ3n) is 6.93. The van der Waals surface area contributed by atoms with Crippen LogP contribution in [0.3, 0.4) is 0 Å². The molecule has 7 heteroatoms. The average Bonchev–Trinajstić information content (AvgIpc) is 3.32. The highest BCUT2D eigenvalue weighted by Gasteiger charge is 2.54. The minimum atomic E-state index is -0.881. The van der Waals surface area contributed by atoms with Crippen LogP contribution in [0.25, 0.3) is 0 Å². The Morgan fingerprint density at radius 2 is 1.89 bits per heavy atom. The molecule has 0 radical (unpaired) electrons. The molecule has 6 nitrogen and oxygen atoms in total. The molecule has 4 N–H and O–H groups in total. The first-order chi connectivity index (χ1) is 12.9. The summed E-state index contributed by atoms with van der Waals surface area (Å²) < 4.78 is 0. The van der Waals surface area contributed by atoms with Gasteiger partial charge in [0.15, 0.2) is 0 Å². The fraction of sp³-hybridized carbons (Fsp3) is 0.650. The van der Waals surface area contributed by atoms with Crippen molar-refractivity contribution in [2.24, 2.45) is 35.3 Å². The number of amides is 2. The van der Waals surface area contributed by atoms with Crippen molar-refractivity contribution in [1.82, 2.24) is 0 Å². The van der Waals surface area contributed by atoms with Crippen LogP contribution in [-0.2, 0) is 22.4 Å². The number of hydrogen-bond acceptors (Lipinski definition) is 4. The van der Waals surface area contributed by atoms with Crippen molar-refractivity contribution in [3.8, 4) is 0 Å². The zero-order chi connectivity index (χ0) is 19.3. The molecule has 0 aromatic carbocycles. The number of thiophene rings is 1. The number of nitrogens with two attached hydrogens (primary N) is 1. The third kappa shape index (κ3) is 3.06. The van der Waals surface area contributed by atoms with Gasteiger partial charge in [0.2, 0.25) is 5.91 Å². The number of nitrogens with one attached hydrogen (secondary N) is 1. The number of carboxylic acids is 1. The van der Waals surface area contributed by atoms with Crippen LogP contribution in [0.1, 0.15) is 59.8 Å². The maximum atomic E-state index is 13.0. The van der Waals surface area contributed by atoms with Crippen LogP contribution < -0.4 is 11.1 Å². The average molecular weight is 391 g/mol. The van der Waals surface area contributed by atoms with Crippen molar-refractivity contribution in [3.05, 3.63) is 16.0 Å². The lowest BCUT2D eigenvalue weighted by Crippen LogP contribution is -2.38. The lowest BCUT2D eigenvalue weighted by Gasteiger charge is -2.26. The number of carbonyl (C=O) groups is 3. The van der Waals surface area contributed by atoms with Gasteiger partial charge in [0.25, 0.3) is 5.91 Å². The number of hydrogen-bond donors (Lipinski definition) is 3. The Bertz CT molecular complexity index is 802. The van der Waals surface area contributed by atoms with Gasteiger partial charge in [-0.2, -0.15) is 0 Å². The molecule has 4 rings (SSSR count). The van der Waals surface area contributed by atoms with E-state index in [1.165, 1.54) is 11.3 Å². The summed E-state index contributed by atoms with van der Waals surface area (Å²) in [5, 5.41) is 13.0. The molecule has 2 bridgehead atoms. The molecule has 2 saturated carbocycles. The van der Waals surface area contributed by atoms with Crippen molar-refractivity contribution >= 4 is 34.1 Å². The van der Waals surface area contributed by atoms with E-state index in [-0.39, 0.29) is 17.7 Å². The van der Waals surface area contributed by atoms with E-state index < -0.39 is 23.7 Å². The Labute approximate surface area is 162 Å². The Hall–Kier alpha value is -1.89. The normalized spacial score (nSPS) is 31.5. The van der Waals surface area contributed by atoms with Gasteiger partial charge in [0.05, 0.1) is 17.4 Å². The van der Waals surface area contributed by atoms with Gasteiger partial charge in [-0.15, -0.1) is 11.3 Å². The van der Waals surface area contributed by atoms with Gasteiger partial charge in [-0.25, -0.2) is 0 Å². The smallest absolute Gasteiger partial charge is 0.307 e. The second-order valence-corrected chi connectivity index (χ2v) is 9.41. The molecule has 146 valence electrons. The standard InChI is InChI=1S/C20H26N2O4S/c1-2-9-3-6-12-13(7-9)27-19(16(12)17(21)23)22-18(24)14-10-4-5-11(8-10)15(14)20(25)26/h9-11,14-15H,2-8H2,1H3,(H2,21,23)(H,22,24)(H,25,26)/t9-,10+,11-,14-,15-/m0/s1. The lowest BCUT2D eigenvalue weighted by atomic mass is 9.78. The fourth-order valence-corrected chi connectivity index (χ4v) is 6.94. The van der Waals surface area contributed by atoms with Crippen molar-refractivity contribution in [2.75, 3.05) is 5.32 Å². The van der Waals surface area contributed by atoms with Gasteiger partial charge < -0.3 is 16.2 Å². The lowest BCUT2D eigenvalue weighted by molar-refractivity contribution is -0.148. The number of fused-ring (bicyclic) bond motifs is 3. The summed E-state index contributed by atoms with van der Waals surface area (Å²) in [5.74, 6) is -1.95. The molecule has 1 aromatic heterocycles. The van der Waals surface area contributed by atoms with Gasteiger partial charge >= 0.3 is 5.97 Å². The summed E-state index contributed by atoms with van der Waals surface area (Å²) in [6.45, 7) is 2.17. The van der Waals surface area contributed by atoms with Crippen molar-refractivity contribution < 1.29 is 19.5 Å². The fourth-order valence-electron chi connectivity index (χ4n) is 5.57. The number of primary amides is 1. The molecule has 3 aliphatic carbocycles. The molecular weight excluding hydrogens is 364 g/mol. The highest BCUT2D eigenvalue weighted by Crippen LogP contribution is 2.53. The van der Waals surface area contributed by atoms with Crippen LogP contribution in [0.2, 0.25) is 0 Å². The van der Waals surface area contributed by atoms with Gasteiger partial charge in [-0.05, 0) is 61.8 Å². The molecule has 2 fully saturated rings. The minimum absolute atomic E-state index is 0.0979. The maximum Gasteiger partial charge on any atom is 0.307 e. The second-order valence-electron chi connectivity index (χ2n) is 8.30. The summed E-state index contributed by atoms with van der Waals surface area (Å²) in [5.41, 5.74) is 7.06. The van der Waals surface area contributed by atoms with Gasteiger partial charge in [0.1, 0.15) is 5.00 Å². The summed E-state index contributed by atoms with van der Waals surface area (Å²) in [7, 11) is 0. The minimum Gasteiger partial charge on any atom is -0.481 e. The molecular formula is C20H26N2O4S. The van der Waals surface area contributed by atoms with E-state index in [2.05, 4.69) is 12.2 Å². The van der Waals surface area contributed by atoms with Crippen molar-refractivity contribution in [3.63, 3.8) is 0 Å². The number of carboxylic acid groups (broad SMARTS) is 1. The van der Waals surface area contributed by atoms with E-state index >= 15 is 0 Å². The molecule has 5 atom stereocenters. The largest absolute Gasteiger partial charge is 0.481 e. The first kappa shape index (κ1) is 18.5. The Balaban J connectivity index is 1.61. The van der Waals surface area contributed by atoms with Crippen LogP contribution in [0.4, 0.5) is 5.00 Å². The van der Waals surface area contributed by atoms with Gasteiger partial charge in [0, 0.05) is 4.88 Å². The first-order valence-corrected chi connectivity index (χ1v) is 10.7. The van der Waals surface area contributed by atoms with E-state index in [9.17, 15) is 19.5 Å². The quantitative estimate of drug-likeness (QED) is 0.718. The van der Waals surface area contributed by atoms with Crippen molar-refractivity contribution in [2.45, 2.75) is 51.9 Å². The summed E-state index contributed by atoms with van der Waals surface area (Å²) in [4.78, 5) is 37.9. The van der Waals surface area contributed by atoms with Gasteiger partial charge in [-0.1, -0.05) is 13.3 Å². The van der Waals surface area contributed by atoms with Crippen LogP contribution in [-0.4, -0.2) is 22.9 Å². The number of anilines is 1.